The van der Waals surface area contributed by atoms with E-state index in [9.17, 15) is 27.1 Å². The maximum atomic E-state index is 14.9. The normalized spacial score (nSPS) is 16.8. The highest BCUT2D eigenvalue weighted by Gasteiger charge is 2.44. The number of nitrogens with one attached hydrogen (secondary N) is 1. The minimum absolute atomic E-state index is 0.0379. The van der Waals surface area contributed by atoms with Crippen LogP contribution in [-0.2, 0) is 31.3 Å². The van der Waals surface area contributed by atoms with Crippen LogP contribution in [0.3, 0.4) is 0 Å². The summed E-state index contributed by atoms with van der Waals surface area (Å²) in [6, 6.07) is 7.40. The van der Waals surface area contributed by atoms with Crippen molar-refractivity contribution in [2.24, 2.45) is 0 Å². The van der Waals surface area contributed by atoms with Crippen molar-refractivity contribution < 1.29 is 31.7 Å². The highest BCUT2D eigenvalue weighted by Crippen LogP contribution is 2.37. The lowest BCUT2D eigenvalue weighted by molar-refractivity contribution is -0.765. The van der Waals surface area contributed by atoms with Crippen LogP contribution in [-0.4, -0.2) is 37.7 Å². The Bertz CT molecular complexity index is 1390. The molecule has 2 N–H and O–H groups in total. The first-order valence-corrected chi connectivity index (χ1v) is 12.3. The van der Waals surface area contributed by atoms with Gasteiger partial charge in [-0.25, -0.2) is 13.8 Å². The van der Waals surface area contributed by atoms with Gasteiger partial charge in [0.1, 0.15) is 28.8 Å². The summed E-state index contributed by atoms with van der Waals surface area (Å²) in [5.41, 5.74) is -1.06. The summed E-state index contributed by atoms with van der Waals surface area (Å²) in [5, 5.41) is 15.4. The van der Waals surface area contributed by atoms with Gasteiger partial charge in [-0.05, 0) is 30.1 Å². The van der Waals surface area contributed by atoms with E-state index in [-0.39, 0.29) is 12.1 Å². The molecule has 0 fully saturated rings. The van der Waals surface area contributed by atoms with E-state index in [4.69, 9.17) is 0 Å². The van der Waals surface area contributed by atoms with Gasteiger partial charge in [0.05, 0.1) is 11.3 Å². The molecule has 0 saturated heterocycles. The lowest BCUT2D eigenvalue weighted by Gasteiger charge is -2.41. The van der Waals surface area contributed by atoms with Crippen LogP contribution in [0, 0.1) is 11.6 Å². The number of nitrogens with zero attached hydrogens (tertiary/aromatic N) is 4. The topological polar surface area (TPSA) is 68.9 Å². The molecule has 0 aliphatic carbocycles. The van der Waals surface area contributed by atoms with Crippen LogP contribution in [0.4, 0.5) is 22.0 Å². The molecule has 0 amide bonds. The van der Waals surface area contributed by atoms with Gasteiger partial charge in [-0.1, -0.05) is 18.2 Å². The Labute approximate surface area is 213 Å². The Hall–Kier alpha value is -3.22. The molecular weight excluding hydrogens is 513 g/mol. The van der Waals surface area contributed by atoms with E-state index >= 15 is 0 Å². The van der Waals surface area contributed by atoms with E-state index in [2.05, 4.69) is 15.1 Å². The second kappa shape index (κ2) is 9.58. The average Bonchev–Trinajstić information content (AvgIpc) is 3.52. The van der Waals surface area contributed by atoms with E-state index in [0.717, 1.165) is 34.8 Å². The minimum atomic E-state index is -4.41. The lowest BCUT2D eigenvalue weighted by atomic mass is 9.85. The third kappa shape index (κ3) is 5.00. The summed E-state index contributed by atoms with van der Waals surface area (Å²) >= 11 is 1.38. The first kappa shape index (κ1) is 25.4. The predicted octanol–water partition coefficient (Wildman–Crippen LogP) is 4.45. The third-order valence-corrected chi connectivity index (χ3v) is 7.90. The molecule has 3 heterocycles. The van der Waals surface area contributed by atoms with Gasteiger partial charge >= 0.3 is 12.5 Å². The summed E-state index contributed by atoms with van der Waals surface area (Å²) in [6.07, 6.45) is -0.963. The van der Waals surface area contributed by atoms with Crippen molar-refractivity contribution in [1.29, 1.82) is 0 Å². The number of aliphatic hydroxyl groups is 1. The number of hydrogen-bond donors (Lipinski definition) is 2. The van der Waals surface area contributed by atoms with Crippen molar-refractivity contribution in [3.8, 4) is 10.6 Å². The number of halogens is 5. The molecule has 5 rings (SSSR count). The number of thiazole rings is 1. The van der Waals surface area contributed by atoms with E-state index in [0.29, 0.717) is 30.1 Å². The largest absolute Gasteiger partial charge is 0.416 e. The number of alkyl halides is 3. The van der Waals surface area contributed by atoms with Gasteiger partial charge in [-0.15, -0.1) is 11.3 Å². The first-order chi connectivity index (χ1) is 17.5. The number of rotatable bonds is 6. The highest BCUT2D eigenvalue weighted by atomic mass is 32.1. The van der Waals surface area contributed by atoms with Crippen LogP contribution in [0.2, 0.25) is 0 Å². The van der Waals surface area contributed by atoms with Gasteiger partial charge in [0.25, 0.3) is 0 Å². The number of H-pyrrole nitrogens is 1. The van der Waals surface area contributed by atoms with Gasteiger partial charge in [-0.3, -0.25) is 4.90 Å². The maximum absolute atomic E-state index is 14.9. The standard InChI is InChI=1S/C25H22F5N5OS/c1-15(24(36,12-35-14-31-13-32-35)19-7-6-18(26)10-20(19)27)34-9-8-21-22(11-34)37-23(33-21)16-2-4-17(5-3-16)25(28,29)30/h2-7,10,13-15,36H,8-9,11-12H2,1H3/p+1/t15-,24-/m1/s1. The number of aromatic nitrogens is 4. The maximum Gasteiger partial charge on any atom is 0.416 e. The van der Waals surface area contributed by atoms with Crippen molar-refractivity contribution in [3.05, 3.63) is 88.5 Å². The van der Waals surface area contributed by atoms with E-state index < -0.39 is 35.0 Å². The Morgan fingerprint density at radius 2 is 1.92 bits per heavy atom. The van der Waals surface area contributed by atoms with Crippen LogP contribution in [0.5, 0.6) is 0 Å². The average molecular weight is 537 g/mol. The lowest BCUT2D eigenvalue weighted by Crippen LogP contribution is -2.58. The summed E-state index contributed by atoms with van der Waals surface area (Å²) in [5.74, 6) is -1.59. The molecule has 12 heteroatoms. The zero-order chi connectivity index (χ0) is 26.4. The van der Waals surface area contributed by atoms with Crippen molar-refractivity contribution in [3.63, 3.8) is 0 Å². The Morgan fingerprint density at radius 1 is 1.16 bits per heavy atom. The highest BCUT2D eigenvalue weighted by molar-refractivity contribution is 7.15. The number of aromatic amines is 1. The molecule has 0 bridgehead atoms. The molecular formula is C25H23F5N5OS+. The quantitative estimate of drug-likeness (QED) is 0.282. The molecule has 2 aromatic carbocycles. The smallest absolute Gasteiger partial charge is 0.379 e. The summed E-state index contributed by atoms with van der Waals surface area (Å²) in [7, 11) is 0. The molecule has 37 heavy (non-hydrogen) atoms. The molecule has 0 radical (unpaired) electrons. The van der Waals surface area contributed by atoms with Crippen molar-refractivity contribution in [1.82, 2.24) is 20.0 Å². The van der Waals surface area contributed by atoms with E-state index in [1.54, 1.807) is 6.92 Å². The summed E-state index contributed by atoms with van der Waals surface area (Å²) in [4.78, 5) is 11.5. The Balaban J connectivity index is 1.42. The van der Waals surface area contributed by atoms with Crippen molar-refractivity contribution in [2.45, 2.75) is 44.3 Å². The van der Waals surface area contributed by atoms with Crippen LogP contribution in [0.15, 0.2) is 55.1 Å². The fourth-order valence-corrected chi connectivity index (χ4v) is 5.80. The SMILES string of the molecule is C[C@@H](N1CCc2nc(-c3ccc(C(F)(F)F)cc3)sc2C1)[C@](O)(C[n+]1cnc[nH]1)c1ccc(F)cc1F. The van der Waals surface area contributed by atoms with Crippen molar-refractivity contribution in [2.75, 3.05) is 6.54 Å². The molecule has 2 aromatic heterocycles. The monoisotopic (exact) mass is 536 g/mol. The van der Waals surface area contributed by atoms with E-state index in [1.165, 1.54) is 46.9 Å². The van der Waals surface area contributed by atoms with Gasteiger partial charge in [0.2, 0.25) is 6.33 Å². The molecule has 0 spiro atoms. The molecule has 4 aromatic rings. The van der Waals surface area contributed by atoms with Crippen LogP contribution >= 0.6 is 11.3 Å². The molecule has 0 unspecified atom stereocenters. The Morgan fingerprint density at radius 3 is 2.57 bits per heavy atom. The fraction of sp³-hybridized carbons (Fsp3) is 0.320. The van der Waals surface area contributed by atoms with Gasteiger partial charge in [-0.2, -0.15) is 23.0 Å². The van der Waals surface area contributed by atoms with Crippen LogP contribution in [0.25, 0.3) is 10.6 Å². The molecule has 0 saturated carbocycles. The number of benzene rings is 2. The first-order valence-electron chi connectivity index (χ1n) is 11.5. The molecule has 6 nitrogen and oxygen atoms in total. The molecule has 194 valence electrons. The molecule has 1 aliphatic rings. The zero-order valence-electron chi connectivity index (χ0n) is 19.6. The summed E-state index contributed by atoms with van der Waals surface area (Å²) in [6.45, 7) is 2.65. The van der Waals surface area contributed by atoms with Crippen molar-refractivity contribution >= 4 is 11.3 Å². The minimum Gasteiger partial charge on any atom is -0.379 e. The number of hydrogen-bond acceptors (Lipinski definition) is 5. The van der Waals surface area contributed by atoms with Gasteiger partial charge in [0.15, 0.2) is 0 Å². The molecule has 1 aliphatic heterocycles. The van der Waals surface area contributed by atoms with Crippen LogP contribution < -0.4 is 4.68 Å². The third-order valence-electron chi connectivity index (χ3n) is 6.77. The number of fused-ring (bicyclic) bond motifs is 1. The predicted molar refractivity (Wildman–Crippen MR) is 125 cm³/mol. The fourth-order valence-electron chi connectivity index (χ4n) is 4.66. The second-order valence-electron chi connectivity index (χ2n) is 9.06. The zero-order valence-corrected chi connectivity index (χ0v) is 20.5. The Kier molecular flexibility index (Phi) is 6.59. The van der Waals surface area contributed by atoms with Gasteiger partial charge < -0.3 is 5.11 Å². The van der Waals surface area contributed by atoms with E-state index in [1.807, 2.05) is 4.90 Å². The van der Waals surface area contributed by atoms with Crippen LogP contribution in [0.1, 0.15) is 28.6 Å². The second-order valence-corrected chi connectivity index (χ2v) is 10.1. The molecule has 2 atom stereocenters. The van der Waals surface area contributed by atoms with Gasteiger partial charge in [0, 0.05) is 47.6 Å². The summed E-state index contributed by atoms with van der Waals surface area (Å²) < 4.78 is 68.8.